The average molecular weight is 200 g/mol. The van der Waals surface area contributed by atoms with Gasteiger partial charge in [-0.3, -0.25) is 4.98 Å². The molecule has 0 aliphatic carbocycles. The number of benzene rings is 1. The van der Waals surface area contributed by atoms with E-state index in [-0.39, 0.29) is 6.04 Å². The molecule has 0 fully saturated rings. The zero-order valence-electron chi connectivity index (χ0n) is 8.98. The second-order valence-electron chi connectivity index (χ2n) is 4.04. The first-order chi connectivity index (χ1) is 7.27. The minimum atomic E-state index is 0.254. The van der Waals surface area contributed by atoms with Gasteiger partial charge in [0.1, 0.15) is 0 Å². The molecule has 15 heavy (non-hydrogen) atoms. The summed E-state index contributed by atoms with van der Waals surface area (Å²) < 4.78 is 0. The fourth-order valence-corrected chi connectivity index (χ4v) is 1.76. The van der Waals surface area contributed by atoms with Crippen molar-refractivity contribution in [2.75, 3.05) is 0 Å². The van der Waals surface area contributed by atoms with Gasteiger partial charge in [0.2, 0.25) is 0 Å². The number of aryl methyl sites for hydroxylation is 1. The summed E-state index contributed by atoms with van der Waals surface area (Å²) in [6.45, 7) is 2.04. The number of rotatable bonds is 3. The topological polar surface area (TPSA) is 38.9 Å². The molecule has 1 heterocycles. The van der Waals surface area contributed by atoms with Crippen molar-refractivity contribution in [1.29, 1.82) is 0 Å². The lowest BCUT2D eigenvalue weighted by atomic mass is 10.0. The Morgan fingerprint density at radius 2 is 2.07 bits per heavy atom. The minimum Gasteiger partial charge on any atom is -0.328 e. The van der Waals surface area contributed by atoms with E-state index in [2.05, 4.69) is 23.2 Å². The summed E-state index contributed by atoms with van der Waals surface area (Å²) >= 11 is 0. The monoisotopic (exact) mass is 200 g/mol. The smallest absolute Gasteiger partial charge is 0.0346 e. The SMILES string of the molecule is CC(N)CCc1cncc2ccccc12. The maximum Gasteiger partial charge on any atom is 0.0346 e. The van der Waals surface area contributed by atoms with Crippen molar-refractivity contribution in [3.05, 3.63) is 42.2 Å². The Morgan fingerprint density at radius 3 is 2.87 bits per heavy atom. The van der Waals surface area contributed by atoms with Gasteiger partial charge in [0, 0.05) is 23.8 Å². The summed E-state index contributed by atoms with van der Waals surface area (Å²) in [7, 11) is 0. The molecule has 0 aliphatic rings. The van der Waals surface area contributed by atoms with Crippen LogP contribution < -0.4 is 5.73 Å². The molecule has 2 heteroatoms. The minimum absolute atomic E-state index is 0.254. The molecule has 2 rings (SSSR count). The number of fused-ring (bicyclic) bond motifs is 1. The zero-order valence-corrected chi connectivity index (χ0v) is 8.98. The molecule has 1 unspecified atom stereocenters. The maximum absolute atomic E-state index is 5.76. The van der Waals surface area contributed by atoms with Gasteiger partial charge in [0.15, 0.2) is 0 Å². The lowest BCUT2D eigenvalue weighted by molar-refractivity contribution is 0.667. The maximum atomic E-state index is 5.76. The highest BCUT2D eigenvalue weighted by atomic mass is 14.6. The van der Waals surface area contributed by atoms with E-state index in [9.17, 15) is 0 Å². The molecular formula is C13H16N2. The molecule has 2 nitrogen and oxygen atoms in total. The van der Waals surface area contributed by atoms with E-state index < -0.39 is 0 Å². The fraction of sp³-hybridized carbons (Fsp3) is 0.308. The zero-order chi connectivity index (χ0) is 10.7. The normalized spacial score (nSPS) is 12.9. The predicted octanol–water partition coefficient (Wildman–Crippen LogP) is 2.51. The first-order valence-corrected chi connectivity index (χ1v) is 5.34. The molecule has 0 saturated carbocycles. The van der Waals surface area contributed by atoms with Crippen LogP contribution in [0.3, 0.4) is 0 Å². The highest BCUT2D eigenvalue weighted by Gasteiger charge is 2.02. The summed E-state index contributed by atoms with van der Waals surface area (Å²) in [6.07, 6.45) is 5.87. The molecule has 0 spiro atoms. The van der Waals surface area contributed by atoms with Gasteiger partial charge >= 0.3 is 0 Å². The summed E-state index contributed by atoms with van der Waals surface area (Å²) in [5, 5.41) is 2.51. The number of pyridine rings is 1. The van der Waals surface area contributed by atoms with Crippen molar-refractivity contribution in [3.8, 4) is 0 Å². The summed E-state index contributed by atoms with van der Waals surface area (Å²) in [4.78, 5) is 4.25. The fourth-order valence-electron chi connectivity index (χ4n) is 1.76. The van der Waals surface area contributed by atoms with Crippen LogP contribution >= 0.6 is 0 Å². The van der Waals surface area contributed by atoms with Crippen molar-refractivity contribution in [2.45, 2.75) is 25.8 Å². The third kappa shape index (κ3) is 2.34. The van der Waals surface area contributed by atoms with Gasteiger partial charge in [-0.2, -0.15) is 0 Å². The second-order valence-corrected chi connectivity index (χ2v) is 4.04. The van der Waals surface area contributed by atoms with E-state index in [1.165, 1.54) is 16.3 Å². The standard InChI is InChI=1S/C13H16N2/c1-10(14)6-7-12-9-15-8-11-4-2-3-5-13(11)12/h2-5,8-10H,6-7,14H2,1H3. The van der Waals surface area contributed by atoms with Crippen molar-refractivity contribution in [2.24, 2.45) is 5.73 Å². The molecule has 0 amide bonds. The van der Waals surface area contributed by atoms with E-state index in [0.717, 1.165) is 12.8 Å². The average Bonchev–Trinajstić information content (AvgIpc) is 2.26. The van der Waals surface area contributed by atoms with Gasteiger partial charge in [0.25, 0.3) is 0 Å². The van der Waals surface area contributed by atoms with Crippen molar-refractivity contribution in [1.82, 2.24) is 4.98 Å². The Balaban J connectivity index is 2.34. The van der Waals surface area contributed by atoms with Gasteiger partial charge in [0.05, 0.1) is 0 Å². The largest absolute Gasteiger partial charge is 0.328 e. The lowest BCUT2D eigenvalue weighted by Crippen LogP contribution is -2.15. The molecule has 0 aliphatic heterocycles. The Bertz CT molecular complexity index is 444. The first-order valence-electron chi connectivity index (χ1n) is 5.34. The number of nitrogens with zero attached hydrogens (tertiary/aromatic N) is 1. The van der Waals surface area contributed by atoms with Crippen LogP contribution in [0, 0.1) is 0 Å². The van der Waals surface area contributed by atoms with Crippen molar-refractivity contribution in [3.63, 3.8) is 0 Å². The summed E-state index contributed by atoms with van der Waals surface area (Å²) in [5.74, 6) is 0. The van der Waals surface area contributed by atoms with Gasteiger partial charge < -0.3 is 5.73 Å². The van der Waals surface area contributed by atoms with Gasteiger partial charge in [-0.05, 0) is 30.7 Å². The van der Waals surface area contributed by atoms with E-state index in [1.807, 2.05) is 25.4 Å². The third-order valence-corrected chi connectivity index (χ3v) is 2.62. The van der Waals surface area contributed by atoms with Gasteiger partial charge in [-0.1, -0.05) is 24.3 Å². The third-order valence-electron chi connectivity index (χ3n) is 2.62. The lowest BCUT2D eigenvalue weighted by Gasteiger charge is -2.07. The molecular weight excluding hydrogens is 184 g/mol. The Kier molecular flexibility index (Phi) is 2.97. The molecule has 2 N–H and O–H groups in total. The molecule has 2 aromatic rings. The van der Waals surface area contributed by atoms with Crippen LogP contribution in [0.2, 0.25) is 0 Å². The Hall–Kier alpha value is -1.41. The van der Waals surface area contributed by atoms with Crippen LogP contribution in [0.5, 0.6) is 0 Å². The molecule has 78 valence electrons. The second kappa shape index (κ2) is 4.41. The van der Waals surface area contributed by atoms with E-state index in [1.54, 1.807) is 0 Å². The highest BCUT2D eigenvalue weighted by Crippen LogP contribution is 2.18. The van der Waals surface area contributed by atoms with E-state index in [4.69, 9.17) is 5.73 Å². The van der Waals surface area contributed by atoms with E-state index >= 15 is 0 Å². The predicted molar refractivity (Wildman–Crippen MR) is 63.7 cm³/mol. The Morgan fingerprint density at radius 1 is 1.27 bits per heavy atom. The van der Waals surface area contributed by atoms with Crippen molar-refractivity contribution < 1.29 is 0 Å². The molecule has 1 aromatic carbocycles. The number of hydrogen-bond donors (Lipinski definition) is 1. The van der Waals surface area contributed by atoms with Crippen LogP contribution in [0.4, 0.5) is 0 Å². The van der Waals surface area contributed by atoms with Crippen LogP contribution in [0.15, 0.2) is 36.7 Å². The van der Waals surface area contributed by atoms with Crippen molar-refractivity contribution >= 4 is 10.8 Å². The number of hydrogen-bond acceptors (Lipinski definition) is 2. The molecule has 0 bridgehead atoms. The van der Waals surface area contributed by atoms with Crippen LogP contribution in [-0.2, 0) is 6.42 Å². The molecule has 1 aromatic heterocycles. The molecule has 1 atom stereocenters. The number of nitrogens with two attached hydrogens (primary N) is 1. The molecule has 0 saturated heterocycles. The summed E-state index contributed by atoms with van der Waals surface area (Å²) in [6, 6.07) is 8.60. The van der Waals surface area contributed by atoms with Gasteiger partial charge in [-0.25, -0.2) is 0 Å². The summed E-state index contributed by atoms with van der Waals surface area (Å²) in [5.41, 5.74) is 7.06. The van der Waals surface area contributed by atoms with Crippen LogP contribution in [-0.4, -0.2) is 11.0 Å². The van der Waals surface area contributed by atoms with Crippen LogP contribution in [0.25, 0.3) is 10.8 Å². The molecule has 0 radical (unpaired) electrons. The van der Waals surface area contributed by atoms with E-state index in [0.29, 0.717) is 0 Å². The first kappa shape index (κ1) is 10.1. The van der Waals surface area contributed by atoms with Crippen LogP contribution in [0.1, 0.15) is 18.9 Å². The van der Waals surface area contributed by atoms with Gasteiger partial charge in [-0.15, -0.1) is 0 Å². The highest BCUT2D eigenvalue weighted by molar-refractivity contribution is 5.84. The number of aromatic nitrogens is 1. The quantitative estimate of drug-likeness (QED) is 0.826. The Labute approximate surface area is 90.1 Å².